The third-order valence-electron chi connectivity index (χ3n) is 2.76. The molecule has 0 unspecified atom stereocenters. The van der Waals surface area contributed by atoms with Gasteiger partial charge in [-0.25, -0.2) is 9.18 Å². The normalized spacial score (nSPS) is 18.7. The molecule has 0 amide bonds. The molecular weight excluding hydrogens is 197 g/mol. The second-order valence-electron chi connectivity index (χ2n) is 3.66. The Kier molecular flexibility index (Phi) is 2.44. The van der Waals surface area contributed by atoms with Crippen molar-refractivity contribution in [2.75, 3.05) is 7.11 Å². The van der Waals surface area contributed by atoms with Gasteiger partial charge in [0.15, 0.2) is 0 Å². The first-order chi connectivity index (χ1) is 7.13. The molecule has 3 nitrogen and oxygen atoms in total. The molecule has 2 rings (SSSR count). The second-order valence-corrected chi connectivity index (χ2v) is 3.66. The van der Waals surface area contributed by atoms with E-state index >= 15 is 0 Å². The molecule has 15 heavy (non-hydrogen) atoms. The first kappa shape index (κ1) is 10.1. The second kappa shape index (κ2) is 3.62. The molecule has 0 saturated carbocycles. The lowest BCUT2D eigenvalue weighted by Gasteiger charge is -2.07. The van der Waals surface area contributed by atoms with Crippen molar-refractivity contribution in [3.63, 3.8) is 0 Å². The Bertz CT molecular complexity index is 417. The van der Waals surface area contributed by atoms with Gasteiger partial charge in [0.05, 0.1) is 12.7 Å². The van der Waals surface area contributed by atoms with Crippen molar-refractivity contribution < 1.29 is 13.9 Å². The highest BCUT2D eigenvalue weighted by atomic mass is 19.1. The van der Waals surface area contributed by atoms with Gasteiger partial charge in [0, 0.05) is 6.04 Å². The number of halogens is 1. The topological polar surface area (TPSA) is 52.3 Å². The van der Waals surface area contributed by atoms with Crippen LogP contribution in [-0.4, -0.2) is 13.1 Å². The van der Waals surface area contributed by atoms with Gasteiger partial charge in [0.1, 0.15) is 5.82 Å². The Morgan fingerprint density at radius 3 is 3.00 bits per heavy atom. The van der Waals surface area contributed by atoms with Gasteiger partial charge in [-0.05, 0) is 36.1 Å². The van der Waals surface area contributed by atoms with Crippen molar-refractivity contribution in [2.24, 2.45) is 5.73 Å². The van der Waals surface area contributed by atoms with E-state index in [1.54, 1.807) is 6.07 Å². The van der Waals surface area contributed by atoms with Crippen LogP contribution in [0.25, 0.3) is 0 Å². The Hall–Kier alpha value is -1.42. The lowest BCUT2D eigenvalue weighted by atomic mass is 10.0. The molecule has 1 aromatic carbocycles. The number of nitrogens with two attached hydrogens (primary N) is 1. The minimum absolute atomic E-state index is 0.167. The fourth-order valence-corrected chi connectivity index (χ4v) is 1.94. The van der Waals surface area contributed by atoms with Crippen LogP contribution in [0.15, 0.2) is 12.1 Å². The van der Waals surface area contributed by atoms with Crippen molar-refractivity contribution >= 4 is 5.97 Å². The highest BCUT2D eigenvalue weighted by Crippen LogP contribution is 2.32. The van der Waals surface area contributed by atoms with Gasteiger partial charge in [0.25, 0.3) is 0 Å². The molecule has 0 spiro atoms. The third kappa shape index (κ3) is 1.61. The van der Waals surface area contributed by atoms with Crippen LogP contribution >= 0.6 is 0 Å². The number of hydrogen-bond donors (Lipinski definition) is 1. The molecule has 1 aromatic rings. The molecule has 1 aliphatic rings. The number of carbonyl (C=O) groups excluding carboxylic acids is 1. The molecule has 0 aliphatic heterocycles. The largest absolute Gasteiger partial charge is 0.465 e. The molecule has 4 heteroatoms. The number of fused-ring (bicyclic) bond motifs is 1. The standard InChI is InChI=1S/C11H12FNO2/c1-15-11(14)6-4-8-7(9(12)5-6)2-3-10(8)13/h4-5,10H,2-3,13H2,1H3/t10-/m0/s1. The summed E-state index contributed by atoms with van der Waals surface area (Å²) in [6.07, 6.45) is 1.38. The van der Waals surface area contributed by atoms with Crippen LogP contribution in [0.2, 0.25) is 0 Å². The molecule has 0 fully saturated rings. The maximum absolute atomic E-state index is 13.6. The van der Waals surface area contributed by atoms with E-state index in [0.717, 1.165) is 12.0 Å². The molecule has 1 atom stereocenters. The zero-order chi connectivity index (χ0) is 11.0. The Labute approximate surface area is 87.0 Å². The number of methoxy groups -OCH3 is 1. The van der Waals surface area contributed by atoms with Crippen LogP contribution in [-0.2, 0) is 11.2 Å². The van der Waals surface area contributed by atoms with Crippen molar-refractivity contribution in [2.45, 2.75) is 18.9 Å². The quantitative estimate of drug-likeness (QED) is 0.714. The Morgan fingerprint density at radius 1 is 1.60 bits per heavy atom. The summed E-state index contributed by atoms with van der Waals surface area (Å²) in [5.41, 5.74) is 7.40. The van der Waals surface area contributed by atoms with E-state index in [-0.39, 0.29) is 17.4 Å². The van der Waals surface area contributed by atoms with Crippen LogP contribution in [0.4, 0.5) is 4.39 Å². The fourth-order valence-electron chi connectivity index (χ4n) is 1.94. The van der Waals surface area contributed by atoms with Crippen LogP contribution in [0.5, 0.6) is 0 Å². The Balaban J connectivity index is 2.50. The summed E-state index contributed by atoms with van der Waals surface area (Å²) in [6.45, 7) is 0. The van der Waals surface area contributed by atoms with Gasteiger partial charge in [-0.1, -0.05) is 0 Å². The maximum Gasteiger partial charge on any atom is 0.337 e. The number of hydrogen-bond acceptors (Lipinski definition) is 3. The zero-order valence-electron chi connectivity index (χ0n) is 8.42. The van der Waals surface area contributed by atoms with Gasteiger partial charge in [-0.15, -0.1) is 0 Å². The third-order valence-corrected chi connectivity index (χ3v) is 2.76. The monoisotopic (exact) mass is 209 g/mol. The van der Waals surface area contributed by atoms with Gasteiger partial charge >= 0.3 is 5.97 Å². The molecule has 80 valence electrons. The van der Waals surface area contributed by atoms with Crippen LogP contribution in [0.1, 0.15) is 33.9 Å². The van der Waals surface area contributed by atoms with E-state index in [0.29, 0.717) is 12.0 Å². The minimum atomic E-state index is -0.532. The van der Waals surface area contributed by atoms with E-state index in [1.165, 1.54) is 13.2 Å². The van der Waals surface area contributed by atoms with Crippen molar-refractivity contribution in [3.8, 4) is 0 Å². The first-order valence-corrected chi connectivity index (χ1v) is 4.79. The number of benzene rings is 1. The molecule has 0 aromatic heterocycles. The average molecular weight is 209 g/mol. The SMILES string of the molecule is COC(=O)c1cc(F)c2c(c1)[C@@H](N)CC2. The number of carbonyl (C=O) groups is 1. The summed E-state index contributed by atoms with van der Waals surface area (Å²) >= 11 is 0. The van der Waals surface area contributed by atoms with Crippen LogP contribution < -0.4 is 5.73 Å². The number of rotatable bonds is 1. The number of ether oxygens (including phenoxy) is 1. The molecule has 0 bridgehead atoms. The van der Waals surface area contributed by atoms with Crippen LogP contribution in [0, 0.1) is 5.82 Å². The summed E-state index contributed by atoms with van der Waals surface area (Å²) in [5.74, 6) is -0.892. The fraction of sp³-hybridized carbons (Fsp3) is 0.364. The van der Waals surface area contributed by atoms with E-state index in [4.69, 9.17) is 5.73 Å². The van der Waals surface area contributed by atoms with Crippen molar-refractivity contribution in [3.05, 3.63) is 34.6 Å². The van der Waals surface area contributed by atoms with Gasteiger partial charge < -0.3 is 10.5 Å². The van der Waals surface area contributed by atoms with E-state index < -0.39 is 5.97 Å². The molecule has 0 radical (unpaired) electrons. The molecule has 0 saturated heterocycles. The first-order valence-electron chi connectivity index (χ1n) is 4.79. The summed E-state index contributed by atoms with van der Waals surface area (Å²) in [4.78, 5) is 11.2. The van der Waals surface area contributed by atoms with Gasteiger partial charge in [-0.3, -0.25) is 0 Å². The summed E-state index contributed by atoms with van der Waals surface area (Å²) < 4.78 is 18.1. The lowest BCUT2D eigenvalue weighted by molar-refractivity contribution is 0.0600. The highest BCUT2D eigenvalue weighted by Gasteiger charge is 2.24. The van der Waals surface area contributed by atoms with Crippen molar-refractivity contribution in [1.82, 2.24) is 0 Å². The van der Waals surface area contributed by atoms with Gasteiger partial charge in [-0.2, -0.15) is 0 Å². The maximum atomic E-state index is 13.6. The minimum Gasteiger partial charge on any atom is -0.465 e. The van der Waals surface area contributed by atoms with E-state index in [9.17, 15) is 9.18 Å². The van der Waals surface area contributed by atoms with Gasteiger partial charge in [0.2, 0.25) is 0 Å². The predicted molar refractivity (Wildman–Crippen MR) is 53.0 cm³/mol. The molecule has 2 N–H and O–H groups in total. The smallest absolute Gasteiger partial charge is 0.337 e. The van der Waals surface area contributed by atoms with E-state index in [2.05, 4.69) is 4.74 Å². The summed E-state index contributed by atoms with van der Waals surface area (Å²) in [7, 11) is 1.27. The summed E-state index contributed by atoms with van der Waals surface area (Å²) in [5, 5.41) is 0. The Morgan fingerprint density at radius 2 is 2.33 bits per heavy atom. The molecular formula is C11H12FNO2. The molecule has 0 heterocycles. The number of esters is 1. The average Bonchev–Trinajstić information content (AvgIpc) is 2.60. The zero-order valence-corrected chi connectivity index (χ0v) is 8.42. The van der Waals surface area contributed by atoms with Crippen LogP contribution in [0.3, 0.4) is 0 Å². The van der Waals surface area contributed by atoms with E-state index in [1.807, 2.05) is 0 Å². The predicted octanol–water partition coefficient (Wildman–Crippen LogP) is 1.56. The lowest BCUT2D eigenvalue weighted by Crippen LogP contribution is -2.08. The molecule has 1 aliphatic carbocycles. The summed E-state index contributed by atoms with van der Waals surface area (Å²) in [6, 6.07) is 2.67. The highest BCUT2D eigenvalue weighted by molar-refractivity contribution is 5.89. The van der Waals surface area contributed by atoms with Crippen molar-refractivity contribution in [1.29, 1.82) is 0 Å².